The van der Waals surface area contributed by atoms with Gasteiger partial charge in [-0.1, -0.05) is 41.4 Å². The lowest BCUT2D eigenvalue weighted by Crippen LogP contribution is -2.19. The molecule has 0 aliphatic heterocycles. The molecule has 1 aromatic heterocycles. The van der Waals surface area contributed by atoms with Crippen molar-refractivity contribution in [2.75, 3.05) is 0 Å². The zero-order valence-electron chi connectivity index (χ0n) is 13.0. The van der Waals surface area contributed by atoms with E-state index in [1.165, 1.54) is 16.8 Å². The SMILES string of the molecule is Cc1c(N=C2C=C(Cl)C(=O)C(Cl)=C2)c(=O)n(-c2ccccc2)n1C. The Hall–Kier alpha value is -2.37. The average Bonchev–Trinajstić information content (AvgIpc) is 2.77. The highest BCUT2D eigenvalue weighted by molar-refractivity contribution is 6.57. The van der Waals surface area contributed by atoms with E-state index in [1.807, 2.05) is 30.3 Å². The summed E-state index contributed by atoms with van der Waals surface area (Å²) in [6.45, 7) is 1.80. The molecular formula is C17H13Cl2N3O2. The maximum Gasteiger partial charge on any atom is 0.297 e. The largest absolute Gasteiger partial charge is 0.297 e. The molecular weight excluding hydrogens is 349 g/mol. The molecule has 0 saturated heterocycles. The summed E-state index contributed by atoms with van der Waals surface area (Å²) in [5.74, 6) is -0.455. The van der Waals surface area contributed by atoms with E-state index in [4.69, 9.17) is 23.2 Å². The van der Waals surface area contributed by atoms with Crippen LogP contribution in [0.5, 0.6) is 0 Å². The van der Waals surface area contributed by atoms with E-state index in [1.54, 1.807) is 18.7 Å². The van der Waals surface area contributed by atoms with Crippen LogP contribution in [0.3, 0.4) is 0 Å². The Morgan fingerprint density at radius 3 is 2.17 bits per heavy atom. The molecule has 1 aliphatic rings. The first kappa shape index (κ1) is 16.5. The third-order valence-electron chi connectivity index (χ3n) is 3.75. The number of Topliss-reactive ketones (excluding diaryl/α,β-unsaturated/α-hetero) is 1. The fourth-order valence-corrected chi connectivity index (χ4v) is 2.90. The van der Waals surface area contributed by atoms with Crippen molar-refractivity contribution in [3.8, 4) is 5.69 Å². The third kappa shape index (κ3) is 2.77. The van der Waals surface area contributed by atoms with Crippen LogP contribution < -0.4 is 5.56 Å². The summed E-state index contributed by atoms with van der Waals surface area (Å²) in [4.78, 5) is 28.7. The molecule has 122 valence electrons. The number of benzene rings is 1. The van der Waals surface area contributed by atoms with Gasteiger partial charge in [-0.2, -0.15) is 0 Å². The Morgan fingerprint density at radius 2 is 1.58 bits per heavy atom. The second kappa shape index (κ2) is 6.26. The lowest BCUT2D eigenvalue weighted by atomic mass is 10.1. The van der Waals surface area contributed by atoms with Gasteiger partial charge in [-0.25, -0.2) is 9.67 Å². The first-order valence-corrected chi connectivity index (χ1v) is 7.87. The number of hydrogen-bond donors (Lipinski definition) is 0. The van der Waals surface area contributed by atoms with Crippen molar-refractivity contribution in [1.29, 1.82) is 0 Å². The second-order valence-corrected chi connectivity index (χ2v) is 6.07. The van der Waals surface area contributed by atoms with E-state index in [9.17, 15) is 9.59 Å². The monoisotopic (exact) mass is 361 g/mol. The zero-order valence-corrected chi connectivity index (χ0v) is 14.5. The van der Waals surface area contributed by atoms with E-state index in [-0.39, 0.29) is 21.3 Å². The molecule has 0 amide bonds. The van der Waals surface area contributed by atoms with Crippen LogP contribution in [-0.2, 0) is 11.8 Å². The molecule has 24 heavy (non-hydrogen) atoms. The molecule has 2 aromatic rings. The van der Waals surface area contributed by atoms with Crippen molar-refractivity contribution < 1.29 is 4.79 Å². The maximum atomic E-state index is 12.8. The smallest absolute Gasteiger partial charge is 0.287 e. The number of halogens is 2. The molecule has 3 rings (SSSR count). The summed E-state index contributed by atoms with van der Waals surface area (Å²) >= 11 is 11.7. The van der Waals surface area contributed by atoms with Crippen molar-refractivity contribution in [3.63, 3.8) is 0 Å². The Kier molecular flexibility index (Phi) is 4.30. The van der Waals surface area contributed by atoms with Crippen LogP contribution in [0.4, 0.5) is 5.69 Å². The van der Waals surface area contributed by atoms with Gasteiger partial charge < -0.3 is 0 Å². The molecule has 0 spiro atoms. The Balaban J connectivity index is 2.17. The molecule has 7 heteroatoms. The van der Waals surface area contributed by atoms with Crippen LogP contribution in [0.2, 0.25) is 0 Å². The van der Waals surface area contributed by atoms with Gasteiger partial charge in [-0.05, 0) is 31.2 Å². The number of carbonyl (C=O) groups excluding carboxylic acids is 1. The molecule has 0 saturated carbocycles. The van der Waals surface area contributed by atoms with Crippen LogP contribution in [0.15, 0.2) is 62.3 Å². The standard InChI is InChI=1S/C17H13Cl2N3O2/c1-10-15(20-11-8-13(18)16(23)14(19)9-11)17(24)22(21(10)2)12-6-4-3-5-7-12/h3-9H,1-2H3. The fourth-order valence-electron chi connectivity index (χ4n) is 2.42. The minimum atomic E-state index is -0.455. The van der Waals surface area contributed by atoms with Crippen molar-refractivity contribution in [2.45, 2.75) is 6.92 Å². The van der Waals surface area contributed by atoms with Crippen molar-refractivity contribution in [3.05, 3.63) is 68.6 Å². The number of ketones is 1. The lowest BCUT2D eigenvalue weighted by molar-refractivity contribution is -0.111. The van der Waals surface area contributed by atoms with Gasteiger partial charge in [-0.3, -0.25) is 14.3 Å². The van der Waals surface area contributed by atoms with E-state index in [2.05, 4.69) is 4.99 Å². The van der Waals surface area contributed by atoms with Crippen LogP contribution in [0, 0.1) is 6.92 Å². The summed E-state index contributed by atoms with van der Waals surface area (Å²) in [7, 11) is 1.78. The minimum Gasteiger partial charge on any atom is -0.287 e. The topological polar surface area (TPSA) is 56.4 Å². The number of carbonyl (C=O) groups is 1. The third-order valence-corrected chi connectivity index (χ3v) is 4.31. The second-order valence-electron chi connectivity index (χ2n) is 5.26. The van der Waals surface area contributed by atoms with Gasteiger partial charge >= 0.3 is 0 Å². The van der Waals surface area contributed by atoms with Crippen molar-refractivity contribution in [2.24, 2.45) is 12.0 Å². The zero-order chi connectivity index (χ0) is 17.4. The summed E-state index contributed by atoms with van der Waals surface area (Å²) in [6, 6.07) is 9.26. The highest BCUT2D eigenvalue weighted by Crippen LogP contribution is 2.22. The van der Waals surface area contributed by atoms with Gasteiger partial charge in [0.1, 0.15) is 0 Å². The van der Waals surface area contributed by atoms with Crippen LogP contribution >= 0.6 is 23.2 Å². The van der Waals surface area contributed by atoms with Gasteiger partial charge in [0.25, 0.3) is 5.56 Å². The summed E-state index contributed by atoms with van der Waals surface area (Å²) < 4.78 is 3.25. The van der Waals surface area contributed by atoms with Crippen molar-refractivity contribution >= 4 is 40.4 Å². The molecule has 1 aliphatic carbocycles. The van der Waals surface area contributed by atoms with Gasteiger partial charge in [0.05, 0.1) is 27.2 Å². The first-order chi connectivity index (χ1) is 11.4. The van der Waals surface area contributed by atoms with E-state index < -0.39 is 5.78 Å². The quantitative estimate of drug-likeness (QED) is 0.769. The van der Waals surface area contributed by atoms with Crippen LogP contribution in [0.25, 0.3) is 5.69 Å². The predicted octanol–water partition coefficient (Wildman–Crippen LogP) is 3.39. The first-order valence-electron chi connectivity index (χ1n) is 7.12. The number of nitrogens with zero attached hydrogens (tertiary/aromatic N) is 3. The molecule has 5 nitrogen and oxygen atoms in total. The van der Waals surface area contributed by atoms with Gasteiger partial charge in [-0.15, -0.1) is 0 Å². The van der Waals surface area contributed by atoms with E-state index in [0.717, 1.165) is 5.69 Å². The Labute approximate surface area is 148 Å². The highest BCUT2D eigenvalue weighted by Gasteiger charge is 2.20. The number of aromatic nitrogens is 2. The molecule has 0 fully saturated rings. The van der Waals surface area contributed by atoms with Gasteiger partial charge in [0.2, 0.25) is 5.78 Å². The summed E-state index contributed by atoms with van der Waals surface area (Å²) in [5, 5.41) is -0.0589. The fraction of sp³-hybridized carbons (Fsp3) is 0.118. The molecule has 1 aromatic carbocycles. The van der Waals surface area contributed by atoms with Gasteiger partial charge in [0.15, 0.2) is 5.69 Å². The maximum absolute atomic E-state index is 12.8. The Morgan fingerprint density at radius 1 is 1.00 bits per heavy atom. The van der Waals surface area contributed by atoms with Gasteiger partial charge in [0, 0.05) is 7.05 Å². The highest BCUT2D eigenvalue weighted by atomic mass is 35.5. The number of rotatable bonds is 2. The molecule has 0 N–H and O–H groups in total. The van der Waals surface area contributed by atoms with Crippen molar-refractivity contribution in [1.82, 2.24) is 9.36 Å². The minimum absolute atomic E-state index is 0.0294. The number of aliphatic imine (C=N–C) groups is 1. The van der Waals surface area contributed by atoms with Crippen LogP contribution in [-0.4, -0.2) is 20.9 Å². The normalized spacial score (nSPS) is 14.5. The average molecular weight is 362 g/mol. The molecule has 0 radical (unpaired) electrons. The molecule has 0 unspecified atom stereocenters. The molecule has 1 heterocycles. The van der Waals surface area contributed by atoms with E-state index >= 15 is 0 Å². The molecule has 0 bridgehead atoms. The summed E-state index contributed by atoms with van der Waals surface area (Å²) in [6.07, 6.45) is 2.79. The number of allylic oxidation sites excluding steroid dienone is 4. The van der Waals surface area contributed by atoms with Crippen LogP contribution in [0.1, 0.15) is 5.69 Å². The summed E-state index contributed by atoms with van der Waals surface area (Å²) in [5.41, 5.74) is 1.78. The molecule has 0 atom stereocenters. The Bertz CT molecular complexity index is 955. The number of hydrogen-bond acceptors (Lipinski definition) is 3. The predicted molar refractivity (Wildman–Crippen MR) is 95.7 cm³/mol. The lowest BCUT2D eigenvalue weighted by Gasteiger charge is -2.07. The number of para-hydroxylation sites is 1. The van der Waals surface area contributed by atoms with E-state index in [0.29, 0.717) is 11.4 Å².